The van der Waals surface area contributed by atoms with E-state index in [1.807, 2.05) is 4.57 Å². The number of anilines is 1. The van der Waals surface area contributed by atoms with E-state index >= 15 is 0 Å². The number of nitrogens with one attached hydrogen (secondary N) is 1. The predicted octanol–water partition coefficient (Wildman–Crippen LogP) is 3.38. The molecule has 0 aliphatic carbocycles. The van der Waals surface area contributed by atoms with E-state index in [0.29, 0.717) is 30.8 Å². The Morgan fingerprint density at radius 3 is 2.53 bits per heavy atom. The van der Waals surface area contributed by atoms with Gasteiger partial charge >= 0.3 is 0 Å². The molecule has 0 saturated carbocycles. The van der Waals surface area contributed by atoms with E-state index in [0.717, 1.165) is 24.8 Å². The Kier molecular flexibility index (Phi) is 5.83. The molecule has 1 N–H and O–H groups in total. The maximum Gasteiger partial charge on any atom is 0.243 e. The lowest BCUT2D eigenvalue weighted by Gasteiger charge is -2.25. The summed E-state index contributed by atoms with van der Waals surface area (Å²) in [6.45, 7) is 1.50. The molecule has 30 heavy (non-hydrogen) atoms. The number of fused-ring (bicyclic) bond motifs is 1. The highest BCUT2D eigenvalue weighted by Crippen LogP contribution is 2.24. The minimum absolute atomic E-state index is 0.201. The second kappa shape index (κ2) is 8.53. The molecular formula is C21H23FN4O3S. The van der Waals surface area contributed by atoms with E-state index in [1.165, 1.54) is 28.6 Å². The molecule has 3 aromatic rings. The van der Waals surface area contributed by atoms with Crippen LogP contribution < -0.4 is 5.32 Å². The molecule has 4 rings (SSSR count). The Hall–Kier alpha value is -2.78. The highest BCUT2D eigenvalue weighted by Gasteiger charge is 2.26. The van der Waals surface area contributed by atoms with Crippen molar-refractivity contribution in [2.24, 2.45) is 0 Å². The van der Waals surface area contributed by atoms with Gasteiger partial charge in [-0.15, -0.1) is 0 Å². The molecule has 0 bridgehead atoms. The molecule has 9 heteroatoms. The van der Waals surface area contributed by atoms with Crippen molar-refractivity contribution in [1.82, 2.24) is 13.9 Å². The van der Waals surface area contributed by atoms with E-state index in [-0.39, 0.29) is 23.0 Å². The number of hydrogen-bond donors (Lipinski definition) is 1. The fourth-order valence-electron chi connectivity index (χ4n) is 3.62. The predicted molar refractivity (Wildman–Crippen MR) is 112 cm³/mol. The number of aromatic nitrogens is 2. The number of sulfonamides is 1. The highest BCUT2D eigenvalue weighted by atomic mass is 32.2. The number of benzene rings is 2. The maximum absolute atomic E-state index is 13.0. The van der Waals surface area contributed by atoms with Crippen molar-refractivity contribution >= 4 is 32.7 Å². The van der Waals surface area contributed by atoms with Crippen LogP contribution in [-0.4, -0.2) is 41.3 Å². The lowest BCUT2D eigenvalue weighted by molar-refractivity contribution is -0.116. The quantitative estimate of drug-likeness (QED) is 0.650. The summed E-state index contributed by atoms with van der Waals surface area (Å²) < 4.78 is 42.0. The summed E-state index contributed by atoms with van der Waals surface area (Å²) in [6, 6.07) is 10.5. The van der Waals surface area contributed by atoms with Gasteiger partial charge in [-0.05, 0) is 55.3 Å². The summed E-state index contributed by atoms with van der Waals surface area (Å²) in [4.78, 5) is 16.7. The first-order valence-corrected chi connectivity index (χ1v) is 11.4. The number of nitrogens with zero attached hydrogens (tertiary/aromatic N) is 3. The van der Waals surface area contributed by atoms with Crippen LogP contribution in [0.25, 0.3) is 11.0 Å². The van der Waals surface area contributed by atoms with Gasteiger partial charge in [-0.25, -0.2) is 17.8 Å². The van der Waals surface area contributed by atoms with Crippen LogP contribution in [0.2, 0.25) is 0 Å². The molecule has 158 valence electrons. The minimum Gasteiger partial charge on any atom is -0.330 e. The molecule has 1 fully saturated rings. The molecule has 2 aromatic carbocycles. The van der Waals surface area contributed by atoms with Gasteiger partial charge in [0.1, 0.15) is 5.82 Å². The van der Waals surface area contributed by atoms with Gasteiger partial charge in [0.15, 0.2) is 0 Å². The smallest absolute Gasteiger partial charge is 0.243 e. The maximum atomic E-state index is 13.0. The molecule has 0 radical (unpaired) electrons. The SMILES string of the molecule is O=C(CCn1cnc2cc(S(=O)(=O)N3CCCCC3)ccc21)Nc1ccc(F)cc1. The van der Waals surface area contributed by atoms with Crippen molar-refractivity contribution < 1.29 is 17.6 Å². The monoisotopic (exact) mass is 430 g/mol. The van der Waals surface area contributed by atoms with Gasteiger partial charge in [0, 0.05) is 31.7 Å². The molecule has 7 nitrogen and oxygen atoms in total. The van der Waals surface area contributed by atoms with E-state index in [9.17, 15) is 17.6 Å². The lowest BCUT2D eigenvalue weighted by Crippen LogP contribution is -2.35. The van der Waals surface area contributed by atoms with Crippen LogP contribution >= 0.6 is 0 Å². The molecule has 1 saturated heterocycles. The van der Waals surface area contributed by atoms with Gasteiger partial charge < -0.3 is 9.88 Å². The fraction of sp³-hybridized carbons (Fsp3) is 0.333. The molecule has 1 aromatic heterocycles. The van der Waals surface area contributed by atoms with Crippen molar-refractivity contribution in [3.8, 4) is 0 Å². The summed E-state index contributed by atoms with van der Waals surface area (Å²) in [7, 11) is -3.51. The summed E-state index contributed by atoms with van der Waals surface area (Å²) in [5, 5.41) is 2.72. The van der Waals surface area contributed by atoms with Crippen LogP contribution in [0.3, 0.4) is 0 Å². The van der Waals surface area contributed by atoms with Gasteiger partial charge in [0.2, 0.25) is 15.9 Å². The topological polar surface area (TPSA) is 84.3 Å². The van der Waals surface area contributed by atoms with E-state index in [1.54, 1.807) is 24.5 Å². The second-order valence-corrected chi connectivity index (χ2v) is 9.30. The Bertz CT molecular complexity index is 1150. The first-order chi connectivity index (χ1) is 14.4. The van der Waals surface area contributed by atoms with Crippen LogP contribution in [0.1, 0.15) is 25.7 Å². The average molecular weight is 431 g/mol. The van der Waals surface area contributed by atoms with Crippen molar-refractivity contribution in [3.63, 3.8) is 0 Å². The third kappa shape index (κ3) is 4.36. The van der Waals surface area contributed by atoms with Gasteiger partial charge in [-0.3, -0.25) is 4.79 Å². The number of rotatable bonds is 6. The number of halogens is 1. The summed E-state index contributed by atoms with van der Waals surface area (Å²) in [5.41, 5.74) is 1.87. The Labute approximate surface area is 174 Å². The van der Waals surface area contributed by atoms with E-state index < -0.39 is 10.0 Å². The fourth-order valence-corrected chi connectivity index (χ4v) is 5.15. The van der Waals surface area contributed by atoms with Gasteiger partial charge in [-0.1, -0.05) is 6.42 Å². The van der Waals surface area contributed by atoms with Crippen LogP contribution in [-0.2, 0) is 21.4 Å². The average Bonchev–Trinajstić information content (AvgIpc) is 3.17. The summed E-state index contributed by atoms with van der Waals surface area (Å²) >= 11 is 0. The van der Waals surface area contributed by atoms with E-state index in [2.05, 4.69) is 10.3 Å². The van der Waals surface area contributed by atoms with Crippen molar-refractivity contribution in [2.45, 2.75) is 37.1 Å². The molecule has 1 aliphatic rings. The third-order valence-corrected chi connectivity index (χ3v) is 7.15. The highest BCUT2D eigenvalue weighted by molar-refractivity contribution is 7.89. The summed E-state index contributed by atoms with van der Waals surface area (Å²) in [6.07, 6.45) is 4.64. The minimum atomic E-state index is -3.51. The number of carbonyl (C=O) groups is 1. The number of carbonyl (C=O) groups excluding carboxylic acids is 1. The van der Waals surface area contributed by atoms with Crippen molar-refractivity contribution in [1.29, 1.82) is 0 Å². The zero-order valence-corrected chi connectivity index (χ0v) is 17.2. The molecule has 1 amide bonds. The van der Waals surface area contributed by atoms with Gasteiger partial charge in [0.05, 0.1) is 22.3 Å². The molecule has 0 unspecified atom stereocenters. The number of imidazole rings is 1. The Morgan fingerprint density at radius 1 is 1.07 bits per heavy atom. The Morgan fingerprint density at radius 2 is 1.80 bits per heavy atom. The van der Waals surface area contributed by atoms with Crippen molar-refractivity contribution in [2.75, 3.05) is 18.4 Å². The zero-order chi connectivity index (χ0) is 21.1. The van der Waals surface area contributed by atoms with E-state index in [4.69, 9.17) is 0 Å². The Balaban J connectivity index is 1.44. The molecule has 2 heterocycles. The first-order valence-electron chi connectivity index (χ1n) is 9.94. The number of amides is 1. The first kappa shape index (κ1) is 20.5. The lowest BCUT2D eigenvalue weighted by atomic mass is 10.2. The van der Waals surface area contributed by atoms with Gasteiger partial charge in [-0.2, -0.15) is 4.31 Å². The number of hydrogen-bond acceptors (Lipinski definition) is 4. The van der Waals surface area contributed by atoms with Crippen LogP contribution in [0.4, 0.5) is 10.1 Å². The van der Waals surface area contributed by atoms with Gasteiger partial charge in [0.25, 0.3) is 0 Å². The van der Waals surface area contributed by atoms with Crippen molar-refractivity contribution in [3.05, 3.63) is 54.6 Å². The molecule has 0 spiro atoms. The standard InChI is InChI=1S/C21H23FN4O3S/c22-16-4-6-17(7-5-16)24-21(27)10-13-25-15-23-19-14-18(8-9-20(19)25)30(28,29)26-11-2-1-3-12-26/h4-9,14-15H,1-3,10-13H2,(H,24,27). The normalized spacial score (nSPS) is 15.4. The zero-order valence-electron chi connectivity index (χ0n) is 16.4. The van der Waals surface area contributed by atoms with Crippen LogP contribution in [0.5, 0.6) is 0 Å². The largest absolute Gasteiger partial charge is 0.330 e. The molecule has 0 atom stereocenters. The molecule has 1 aliphatic heterocycles. The number of aryl methyl sites for hydroxylation is 1. The third-order valence-electron chi connectivity index (χ3n) is 5.25. The summed E-state index contributed by atoms with van der Waals surface area (Å²) in [5.74, 6) is -0.563. The van der Waals surface area contributed by atoms with Crippen LogP contribution in [0, 0.1) is 5.82 Å². The molecular weight excluding hydrogens is 407 g/mol. The number of piperidine rings is 1. The second-order valence-electron chi connectivity index (χ2n) is 7.36. The van der Waals surface area contributed by atoms with Crippen LogP contribution in [0.15, 0.2) is 53.7 Å².